The van der Waals surface area contributed by atoms with Gasteiger partial charge >= 0.3 is 5.97 Å². The monoisotopic (exact) mass is 157 g/mol. The molecule has 1 saturated heterocycles. The van der Waals surface area contributed by atoms with Gasteiger partial charge in [0.05, 0.1) is 5.92 Å². The van der Waals surface area contributed by atoms with E-state index >= 15 is 0 Å². The maximum Gasteiger partial charge on any atom is 0.310 e. The van der Waals surface area contributed by atoms with Crippen molar-refractivity contribution in [3.05, 3.63) is 0 Å². The molecular formula is C6H11N3O2. The fraction of sp³-hybridized carbons (Fsp3) is 0.667. The molecule has 0 radical (unpaired) electrons. The first-order chi connectivity index (χ1) is 5.15. The van der Waals surface area contributed by atoms with E-state index in [-0.39, 0.29) is 5.92 Å². The number of likely N-dealkylation sites (tertiary alicyclic amines) is 1. The molecule has 1 fully saturated rings. The average molecular weight is 157 g/mol. The van der Waals surface area contributed by atoms with Gasteiger partial charge in [-0.1, -0.05) is 0 Å². The van der Waals surface area contributed by atoms with E-state index in [4.69, 9.17) is 10.5 Å². The van der Waals surface area contributed by atoms with Crippen LogP contribution in [0.2, 0.25) is 0 Å². The van der Waals surface area contributed by atoms with Gasteiger partial charge in [-0.05, 0) is 0 Å². The van der Waals surface area contributed by atoms with Gasteiger partial charge in [-0.25, -0.2) is 0 Å². The molecule has 0 bridgehead atoms. The van der Waals surface area contributed by atoms with E-state index in [0.717, 1.165) is 0 Å². The standard InChI is InChI=1S/C6H11N3O2/c1-8-6(7)9-2-4(3-9)5(10)11/h4H,2-3H2,1H3,(H2,7,8)(H,10,11). The molecule has 1 rings (SSSR count). The minimum Gasteiger partial charge on any atom is -0.481 e. The van der Waals surface area contributed by atoms with Crippen LogP contribution in [0.5, 0.6) is 0 Å². The SMILES string of the molecule is CNC(=N)N1CC(C(=O)O)C1. The van der Waals surface area contributed by atoms with Crippen LogP contribution in [0.25, 0.3) is 0 Å². The van der Waals surface area contributed by atoms with E-state index in [9.17, 15) is 4.79 Å². The zero-order valence-electron chi connectivity index (χ0n) is 6.29. The van der Waals surface area contributed by atoms with E-state index in [1.165, 1.54) is 0 Å². The minimum atomic E-state index is -0.773. The number of hydrogen-bond donors (Lipinski definition) is 3. The van der Waals surface area contributed by atoms with Gasteiger partial charge in [0.25, 0.3) is 0 Å². The smallest absolute Gasteiger partial charge is 0.310 e. The highest BCUT2D eigenvalue weighted by molar-refractivity contribution is 5.81. The molecular weight excluding hydrogens is 146 g/mol. The maximum absolute atomic E-state index is 10.3. The van der Waals surface area contributed by atoms with Crippen LogP contribution in [0.1, 0.15) is 0 Å². The van der Waals surface area contributed by atoms with Gasteiger partial charge in [0.1, 0.15) is 0 Å². The Kier molecular flexibility index (Phi) is 1.98. The maximum atomic E-state index is 10.3. The van der Waals surface area contributed by atoms with E-state index in [0.29, 0.717) is 19.0 Å². The molecule has 0 aliphatic carbocycles. The molecule has 0 amide bonds. The Morgan fingerprint density at radius 3 is 2.64 bits per heavy atom. The number of carboxylic acid groups (broad SMARTS) is 1. The third-order valence-corrected chi connectivity index (χ3v) is 1.78. The zero-order valence-corrected chi connectivity index (χ0v) is 6.29. The third kappa shape index (κ3) is 1.42. The van der Waals surface area contributed by atoms with Gasteiger partial charge in [-0.3, -0.25) is 10.2 Å². The Labute approximate surface area is 64.5 Å². The zero-order chi connectivity index (χ0) is 8.43. The molecule has 11 heavy (non-hydrogen) atoms. The van der Waals surface area contributed by atoms with E-state index in [1.54, 1.807) is 11.9 Å². The number of nitrogens with zero attached hydrogens (tertiary/aromatic N) is 1. The molecule has 1 heterocycles. The number of rotatable bonds is 1. The van der Waals surface area contributed by atoms with Crippen molar-refractivity contribution in [2.45, 2.75) is 0 Å². The van der Waals surface area contributed by atoms with Crippen molar-refractivity contribution < 1.29 is 9.90 Å². The number of guanidine groups is 1. The van der Waals surface area contributed by atoms with Crippen LogP contribution in [0.3, 0.4) is 0 Å². The summed E-state index contributed by atoms with van der Waals surface area (Å²) in [6, 6.07) is 0. The highest BCUT2D eigenvalue weighted by Gasteiger charge is 2.33. The summed E-state index contributed by atoms with van der Waals surface area (Å²) in [6.07, 6.45) is 0. The van der Waals surface area contributed by atoms with Crippen molar-refractivity contribution in [2.75, 3.05) is 20.1 Å². The Bertz CT molecular complexity index is 186. The van der Waals surface area contributed by atoms with E-state index in [2.05, 4.69) is 5.32 Å². The second kappa shape index (κ2) is 2.77. The minimum absolute atomic E-state index is 0.288. The molecule has 0 atom stereocenters. The van der Waals surface area contributed by atoms with Gasteiger partial charge in [0.2, 0.25) is 0 Å². The second-order valence-electron chi connectivity index (χ2n) is 2.54. The second-order valence-corrected chi connectivity index (χ2v) is 2.54. The summed E-state index contributed by atoms with van der Waals surface area (Å²) in [5.74, 6) is -0.767. The topological polar surface area (TPSA) is 76.4 Å². The van der Waals surface area contributed by atoms with Crippen molar-refractivity contribution in [1.29, 1.82) is 5.41 Å². The number of aliphatic carboxylic acids is 1. The van der Waals surface area contributed by atoms with Crippen molar-refractivity contribution >= 4 is 11.9 Å². The van der Waals surface area contributed by atoms with Gasteiger partial charge < -0.3 is 15.3 Å². The third-order valence-electron chi connectivity index (χ3n) is 1.78. The van der Waals surface area contributed by atoms with Crippen molar-refractivity contribution in [2.24, 2.45) is 5.92 Å². The molecule has 0 saturated carbocycles. The molecule has 0 spiro atoms. The number of carbonyl (C=O) groups is 1. The van der Waals surface area contributed by atoms with Crippen LogP contribution >= 0.6 is 0 Å². The molecule has 0 aromatic heterocycles. The Balaban J connectivity index is 2.29. The molecule has 1 aliphatic rings. The van der Waals surface area contributed by atoms with Crippen molar-refractivity contribution in [1.82, 2.24) is 10.2 Å². The number of carboxylic acids is 1. The molecule has 0 aromatic carbocycles. The van der Waals surface area contributed by atoms with Crippen LogP contribution in [0, 0.1) is 11.3 Å². The van der Waals surface area contributed by atoms with Crippen molar-refractivity contribution in [3.63, 3.8) is 0 Å². The van der Waals surface area contributed by atoms with Gasteiger partial charge in [0, 0.05) is 20.1 Å². The lowest BCUT2D eigenvalue weighted by Gasteiger charge is -2.37. The summed E-state index contributed by atoms with van der Waals surface area (Å²) in [6.45, 7) is 0.907. The summed E-state index contributed by atoms with van der Waals surface area (Å²) < 4.78 is 0. The van der Waals surface area contributed by atoms with Crippen LogP contribution in [-0.4, -0.2) is 42.1 Å². The molecule has 1 aliphatic heterocycles. The van der Waals surface area contributed by atoms with Crippen LogP contribution in [0.4, 0.5) is 0 Å². The molecule has 0 aromatic rings. The van der Waals surface area contributed by atoms with Crippen LogP contribution in [-0.2, 0) is 4.79 Å². The average Bonchev–Trinajstić information content (AvgIpc) is 1.83. The fourth-order valence-corrected chi connectivity index (χ4v) is 0.975. The summed E-state index contributed by atoms with van der Waals surface area (Å²) in [4.78, 5) is 12.0. The predicted molar refractivity (Wildman–Crippen MR) is 39.5 cm³/mol. The molecule has 5 heteroatoms. The van der Waals surface area contributed by atoms with Gasteiger partial charge in [-0.2, -0.15) is 0 Å². The van der Waals surface area contributed by atoms with E-state index < -0.39 is 5.97 Å². The number of nitrogens with one attached hydrogen (secondary N) is 2. The first-order valence-corrected chi connectivity index (χ1v) is 3.39. The molecule has 0 unspecified atom stereocenters. The van der Waals surface area contributed by atoms with Crippen molar-refractivity contribution in [3.8, 4) is 0 Å². The summed E-state index contributed by atoms with van der Waals surface area (Å²) in [5, 5.41) is 18.4. The summed E-state index contributed by atoms with van der Waals surface area (Å²) in [7, 11) is 1.65. The molecule has 62 valence electrons. The Morgan fingerprint density at radius 2 is 2.27 bits per heavy atom. The lowest BCUT2D eigenvalue weighted by molar-refractivity contribution is -0.145. The van der Waals surface area contributed by atoms with E-state index in [1.807, 2.05) is 0 Å². The summed E-state index contributed by atoms with van der Waals surface area (Å²) >= 11 is 0. The van der Waals surface area contributed by atoms with Crippen LogP contribution < -0.4 is 5.32 Å². The fourth-order valence-electron chi connectivity index (χ4n) is 0.975. The lowest BCUT2D eigenvalue weighted by atomic mass is 10.0. The number of hydrogen-bond acceptors (Lipinski definition) is 2. The Hall–Kier alpha value is -1.26. The molecule has 5 nitrogen and oxygen atoms in total. The largest absolute Gasteiger partial charge is 0.481 e. The molecule has 3 N–H and O–H groups in total. The highest BCUT2D eigenvalue weighted by Crippen LogP contribution is 2.14. The summed E-state index contributed by atoms with van der Waals surface area (Å²) in [5.41, 5.74) is 0. The Morgan fingerprint density at radius 1 is 1.73 bits per heavy atom. The van der Waals surface area contributed by atoms with Crippen LogP contribution in [0.15, 0.2) is 0 Å². The first-order valence-electron chi connectivity index (χ1n) is 3.39. The predicted octanol–water partition coefficient (Wildman–Crippen LogP) is -0.843. The van der Waals surface area contributed by atoms with Gasteiger partial charge in [-0.15, -0.1) is 0 Å². The van der Waals surface area contributed by atoms with Gasteiger partial charge in [0.15, 0.2) is 5.96 Å². The quantitative estimate of drug-likeness (QED) is 0.342. The lowest BCUT2D eigenvalue weighted by Crippen LogP contribution is -2.55. The highest BCUT2D eigenvalue weighted by atomic mass is 16.4. The first kappa shape index (κ1) is 7.84. The normalized spacial score (nSPS) is 17.4.